The van der Waals surface area contributed by atoms with Crippen molar-refractivity contribution < 1.29 is 18.8 Å². The van der Waals surface area contributed by atoms with Gasteiger partial charge in [-0.3, -0.25) is 14.4 Å². The van der Waals surface area contributed by atoms with Crippen LogP contribution >= 0.6 is 0 Å². The summed E-state index contributed by atoms with van der Waals surface area (Å²) >= 11 is 0. The molecule has 0 saturated carbocycles. The molecule has 11 heteroatoms. The van der Waals surface area contributed by atoms with Gasteiger partial charge in [-0.25, -0.2) is 4.39 Å². The normalized spacial score (nSPS) is 12.0. The number of hydrogen-bond acceptors (Lipinski definition) is 6. The van der Waals surface area contributed by atoms with Crippen LogP contribution in [0, 0.1) is 32.5 Å². The van der Waals surface area contributed by atoms with Gasteiger partial charge in [-0.1, -0.05) is 19.1 Å². The molecule has 2 aromatic heterocycles. The van der Waals surface area contributed by atoms with Gasteiger partial charge in [-0.05, 0) is 62.4 Å². The van der Waals surface area contributed by atoms with Gasteiger partial charge in [0.1, 0.15) is 5.82 Å². The predicted octanol–water partition coefficient (Wildman–Crippen LogP) is 2.94. The van der Waals surface area contributed by atoms with Gasteiger partial charge in [-0.15, -0.1) is 10.2 Å². The topological polar surface area (TPSA) is 135 Å². The Kier molecular flexibility index (Phi) is 7.23. The number of carbonyl (C=O) groups excluding carboxylic acids is 3. The number of halogens is 1. The van der Waals surface area contributed by atoms with Gasteiger partial charge >= 0.3 is 0 Å². The second-order valence-electron chi connectivity index (χ2n) is 8.67. The first-order valence-corrected chi connectivity index (χ1v) is 10.8. The number of tetrazole rings is 1. The fraction of sp³-hybridized carbons (Fsp3) is 0.391. The summed E-state index contributed by atoms with van der Waals surface area (Å²) in [6.07, 6.45) is 0.508. The number of Topliss-reactive ketones (excluding diaryl/α,β-unsaturated/α-hetero) is 1. The van der Waals surface area contributed by atoms with Crippen molar-refractivity contribution in [1.82, 2.24) is 30.5 Å². The number of rotatable bonds is 8. The van der Waals surface area contributed by atoms with E-state index in [1.54, 1.807) is 27.8 Å². The first-order chi connectivity index (χ1) is 16.0. The number of hydrogen-bond donors (Lipinski definition) is 3. The number of aromatic amines is 1. The van der Waals surface area contributed by atoms with Crippen LogP contribution < -0.4 is 10.6 Å². The van der Waals surface area contributed by atoms with Crippen LogP contribution in [0.5, 0.6) is 0 Å². The number of anilines is 1. The third kappa shape index (κ3) is 5.03. The van der Waals surface area contributed by atoms with Gasteiger partial charge in [0.25, 0.3) is 17.6 Å². The molecule has 0 saturated heterocycles. The molecule has 1 unspecified atom stereocenters. The summed E-state index contributed by atoms with van der Waals surface area (Å²) in [5, 5.41) is 19.2. The summed E-state index contributed by atoms with van der Waals surface area (Å²) in [5.74, 6) is -1.97. The highest BCUT2D eigenvalue weighted by molar-refractivity contribution is 6.43. The first-order valence-electron chi connectivity index (χ1n) is 10.8. The lowest BCUT2D eigenvalue weighted by Crippen LogP contribution is -2.36. The smallest absolute Gasteiger partial charge is 0.294 e. The zero-order valence-electron chi connectivity index (χ0n) is 20.0. The summed E-state index contributed by atoms with van der Waals surface area (Å²) in [6, 6.07) is 3.65. The van der Waals surface area contributed by atoms with E-state index in [-0.39, 0.29) is 28.8 Å². The number of ketones is 1. The fourth-order valence-electron chi connectivity index (χ4n) is 3.90. The van der Waals surface area contributed by atoms with E-state index in [1.165, 1.54) is 22.8 Å². The fourth-order valence-corrected chi connectivity index (χ4v) is 3.90. The van der Waals surface area contributed by atoms with E-state index in [2.05, 4.69) is 31.3 Å². The quantitative estimate of drug-likeness (QED) is 0.343. The third-order valence-electron chi connectivity index (χ3n) is 5.68. The molecule has 3 rings (SSSR count). The standard InChI is InChI=1S/C23H28FN7O3/c1-11(2)9-17(21-27-29-30-28-21)26-23(34)20(32)19-13(4)18(14(5)31(19)6)22(33)25-15-7-8-16(24)12(3)10-15/h7-8,10-11,17H,9H2,1-6H3,(H,25,33)(H,26,34)(H,27,28,29,30). The molecule has 3 N–H and O–H groups in total. The lowest BCUT2D eigenvalue weighted by Gasteiger charge is -2.17. The molecule has 34 heavy (non-hydrogen) atoms. The zero-order chi connectivity index (χ0) is 25.2. The van der Waals surface area contributed by atoms with Crippen molar-refractivity contribution in [3.63, 3.8) is 0 Å². The molecule has 2 heterocycles. The Hall–Kier alpha value is -3.89. The number of H-pyrrole nitrogens is 1. The molecule has 0 spiro atoms. The molecule has 3 aromatic rings. The van der Waals surface area contributed by atoms with E-state index >= 15 is 0 Å². The van der Waals surface area contributed by atoms with Crippen molar-refractivity contribution in [2.45, 2.75) is 47.1 Å². The Balaban J connectivity index is 1.86. The van der Waals surface area contributed by atoms with Crippen LogP contribution in [0.1, 0.15) is 69.8 Å². The van der Waals surface area contributed by atoms with Crippen molar-refractivity contribution in [1.29, 1.82) is 0 Å². The van der Waals surface area contributed by atoms with Gasteiger partial charge in [0.05, 0.1) is 17.3 Å². The Morgan fingerprint density at radius 2 is 1.88 bits per heavy atom. The lowest BCUT2D eigenvalue weighted by molar-refractivity contribution is -0.117. The van der Waals surface area contributed by atoms with Crippen molar-refractivity contribution in [3.8, 4) is 0 Å². The van der Waals surface area contributed by atoms with Crippen molar-refractivity contribution >= 4 is 23.3 Å². The minimum Gasteiger partial charge on any atom is -0.344 e. The van der Waals surface area contributed by atoms with Crippen LogP contribution in [-0.4, -0.2) is 42.8 Å². The van der Waals surface area contributed by atoms with Crippen LogP contribution in [0.4, 0.5) is 10.1 Å². The predicted molar refractivity (Wildman–Crippen MR) is 123 cm³/mol. The maximum Gasteiger partial charge on any atom is 0.294 e. The Morgan fingerprint density at radius 1 is 1.18 bits per heavy atom. The number of aryl methyl sites for hydroxylation is 1. The highest BCUT2D eigenvalue weighted by Gasteiger charge is 2.31. The Morgan fingerprint density at radius 3 is 2.47 bits per heavy atom. The number of carbonyl (C=O) groups is 3. The molecule has 0 fully saturated rings. The molecule has 0 bridgehead atoms. The number of amides is 2. The second kappa shape index (κ2) is 9.94. The SMILES string of the molecule is Cc1cc(NC(=O)c2c(C)c(C(=O)C(=O)NC(CC(C)C)c3nn[nH]n3)n(C)c2C)ccc1F. The average molecular weight is 470 g/mol. The largest absolute Gasteiger partial charge is 0.344 e. The van der Waals surface area contributed by atoms with Crippen LogP contribution in [-0.2, 0) is 11.8 Å². The first kappa shape index (κ1) is 24.7. The number of benzene rings is 1. The highest BCUT2D eigenvalue weighted by Crippen LogP contribution is 2.24. The molecular formula is C23H28FN7O3. The maximum atomic E-state index is 13.6. The van der Waals surface area contributed by atoms with Crippen LogP contribution in [0.3, 0.4) is 0 Å². The minimum atomic E-state index is -0.833. The van der Waals surface area contributed by atoms with Crippen molar-refractivity contribution in [2.24, 2.45) is 13.0 Å². The van der Waals surface area contributed by atoms with Crippen LogP contribution in [0.15, 0.2) is 18.2 Å². The molecule has 0 radical (unpaired) electrons. The highest BCUT2D eigenvalue weighted by atomic mass is 19.1. The summed E-state index contributed by atoms with van der Waals surface area (Å²) in [6.45, 7) is 8.84. The van der Waals surface area contributed by atoms with Crippen LogP contribution in [0.2, 0.25) is 0 Å². The molecule has 2 amide bonds. The van der Waals surface area contributed by atoms with Gasteiger partial charge in [0.2, 0.25) is 0 Å². The molecule has 0 aliphatic rings. The summed E-state index contributed by atoms with van der Waals surface area (Å²) < 4.78 is 15.1. The van der Waals surface area contributed by atoms with Crippen molar-refractivity contribution in [2.75, 3.05) is 5.32 Å². The lowest BCUT2D eigenvalue weighted by atomic mass is 10.0. The molecule has 0 aliphatic heterocycles. The molecule has 1 atom stereocenters. The van der Waals surface area contributed by atoms with Crippen molar-refractivity contribution in [3.05, 3.63) is 57.9 Å². The second-order valence-corrected chi connectivity index (χ2v) is 8.67. The van der Waals surface area contributed by atoms with E-state index in [9.17, 15) is 18.8 Å². The molecule has 180 valence electrons. The third-order valence-corrected chi connectivity index (χ3v) is 5.68. The maximum absolute atomic E-state index is 13.6. The van der Waals surface area contributed by atoms with Gasteiger partial charge in [0.15, 0.2) is 5.82 Å². The van der Waals surface area contributed by atoms with E-state index in [1.807, 2.05) is 13.8 Å². The van der Waals surface area contributed by atoms with E-state index < -0.39 is 23.6 Å². The Bertz CT molecular complexity index is 1230. The summed E-state index contributed by atoms with van der Waals surface area (Å²) in [7, 11) is 1.62. The van der Waals surface area contributed by atoms with Gasteiger partial charge in [-0.2, -0.15) is 5.21 Å². The van der Waals surface area contributed by atoms with Gasteiger partial charge in [0, 0.05) is 18.4 Å². The monoisotopic (exact) mass is 469 g/mol. The molecule has 0 aliphatic carbocycles. The molecule has 10 nitrogen and oxygen atoms in total. The number of nitrogens with zero attached hydrogens (tertiary/aromatic N) is 4. The minimum absolute atomic E-state index is 0.104. The average Bonchev–Trinajstić information content (AvgIpc) is 3.37. The molecular weight excluding hydrogens is 441 g/mol. The van der Waals surface area contributed by atoms with Gasteiger partial charge < -0.3 is 15.2 Å². The molecule has 1 aromatic carbocycles. The van der Waals surface area contributed by atoms with E-state index in [0.29, 0.717) is 28.9 Å². The van der Waals surface area contributed by atoms with Crippen LogP contribution in [0.25, 0.3) is 0 Å². The van der Waals surface area contributed by atoms with E-state index in [4.69, 9.17) is 0 Å². The summed E-state index contributed by atoms with van der Waals surface area (Å²) in [5.41, 5.74) is 2.08. The zero-order valence-corrected chi connectivity index (χ0v) is 20.0. The number of aromatic nitrogens is 5. The van der Waals surface area contributed by atoms with E-state index in [0.717, 1.165) is 0 Å². The number of nitrogens with one attached hydrogen (secondary N) is 3. The summed E-state index contributed by atoms with van der Waals surface area (Å²) in [4.78, 5) is 39.0. The Labute approximate surface area is 196 Å².